The number of anilines is 1. The molecular weight excluding hydrogens is 480 g/mol. The number of carboxylic acid groups (broad SMARTS) is 1. The van der Waals surface area contributed by atoms with E-state index in [9.17, 15) is 9.59 Å². The lowest BCUT2D eigenvalue weighted by Crippen LogP contribution is -2.15. The highest BCUT2D eigenvalue weighted by Crippen LogP contribution is 2.30. The number of carbonyl (C=O) groups excluding carboxylic acids is 1. The Hall–Kier alpha value is -3.76. The summed E-state index contributed by atoms with van der Waals surface area (Å²) in [5, 5.41) is 21.0. The van der Waals surface area contributed by atoms with Gasteiger partial charge in [0.1, 0.15) is 5.75 Å². The molecule has 1 amide bonds. The summed E-state index contributed by atoms with van der Waals surface area (Å²) in [6.45, 7) is 2.47. The second-order valence-electron chi connectivity index (χ2n) is 6.88. The van der Waals surface area contributed by atoms with Gasteiger partial charge >= 0.3 is 5.97 Å². The summed E-state index contributed by atoms with van der Waals surface area (Å²) in [5.41, 5.74) is 1.00. The van der Waals surface area contributed by atoms with Crippen LogP contribution < -0.4 is 10.1 Å². The van der Waals surface area contributed by atoms with Crippen molar-refractivity contribution in [2.45, 2.75) is 12.1 Å². The van der Waals surface area contributed by atoms with Crippen molar-refractivity contribution in [3.05, 3.63) is 71.4 Å². The maximum absolute atomic E-state index is 12.6. The Morgan fingerprint density at radius 2 is 1.97 bits per heavy atom. The van der Waals surface area contributed by atoms with Gasteiger partial charge in [-0.2, -0.15) is 0 Å². The van der Waals surface area contributed by atoms with Crippen molar-refractivity contribution in [2.75, 3.05) is 17.7 Å². The Morgan fingerprint density at radius 1 is 1.18 bits per heavy atom. The van der Waals surface area contributed by atoms with E-state index < -0.39 is 5.97 Å². The van der Waals surface area contributed by atoms with Crippen LogP contribution >= 0.6 is 23.4 Å². The van der Waals surface area contributed by atoms with Crippen molar-refractivity contribution in [3.8, 4) is 23.0 Å². The van der Waals surface area contributed by atoms with Crippen molar-refractivity contribution < 1.29 is 23.8 Å². The molecule has 2 aromatic heterocycles. The maximum atomic E-state index is 12.6. The molecule has 0 aliphatic carbocycles. The number of ether oxygens (including phenoxy) is 1. The number of benzene rings is 2. The van der Waals surface area contributed by atoms with Crippen molar-refractivity contribution in [3.63, 3.8) is 0 Å². The number of amides is 1. The van der Waals surface area contributed by atoms with Crippen LogP contribution in [0.3, 0.4) is 0 Å². The first kappa shape index (κ1) is 23.4. The number of nitrogens with one attached hydrogen (secondary N) is 1. The molecule has 0 atom stereocenters. The van der Waals surface area contributed by atoms with Gasteiger partial charge < -0.3 is 19.6 Å². The van der Waals surface area contributed by atoms with Gasteiger partial charge in [-0.3, -0.25) is 9.36 Å². The fourth-order valence-electron chi connectivity index (χ4n) is 3.09. The Bertz CT molecular complexity index is 1310. The van der Waals surface area contributed by atoms with Crippen LogP contribution in [-0.2, 0) is 4.79 Å². The van der Waals surface area contributed by atoms with Gasteiger partial charge in [-0.05, 0) is 61.5 Å². The largest absolute Gasteiger partial charge is 0.494 e. The van der Waals surface area contributed by atoms with Gasteiger partial charge in [-0.15, -0.1) is 10.2 Å². The molecule has 2 heterocycles. The summed E-state index contributed by atoms with van der Waals surface area (Å²) in [7, 11) is 0. The van der Waals surface area contributed by atoms with E-state index in [2.05, 4.69) is 15.5 Å². The fourth-order valence-corrected chi connectivity index (χ4v) is 4.01. The molecule has 0 radical (unpaired) electrons. The Kier molecular flexibility index (Phi) is 7.19. The number of nitrogens with zero attached hydrogens (tertiary/aromatic N) is 3. The van der Waals surface area contributed by atoms with Crippen LogP contribution in [0.15, 0.2) is 70.4 Å². The Balaban J connectivity index is 1.56. The topological polar surface area (TPSA) is 119 Å². The van der Waals surface area contributed by atoms with E-state index in [0.29, 0.717) is 23.3 Å². The van der Waals surface area contributed by atoms with E-state index >= 15 is 0 Å². The number of furan rings is 1. The number of halogens is 1. The van der Waals surface area contributed by atoms with E-state index in [1.165, 1.54) is 18.2 Å². The molecule has 0 saturated heterocycles. The van der Waals surface area contributed by atoms with Crippen LogP contribution in [-0.4, -0.2) is 44.1 Å². The molecular formula is C23H19ClN4O5S. The zero-order valence-corrected chi connectivity index (χ0v) is 19.5. The second-order valence-corrected chi connectivity index (χ2v) is 8.23. The van der Waals surface area contributed by atoms with Gasteiger partial charge in [0.15, 0.2) is 10.9 Å². The van der Waals surface area contributed by atoms with Gasteiger partial charge in [-0.1, -0.05) is 23.4 Å². The van der Waals surface area contributed by atoms with Crippen molar-refractivity contribution >= 4 is 40.9 Å². The normalized spacial score (nSPS) is 10.8. The van der Waals surface area contributed by atoms with Crippen LogP contribution in [0.25, 0.3) is 17.3 Å². The van der Waals surface area contributed by atoms with Crippen LogP contribution in [0.1, 0.15) is 17.3 Å². The SMILES string of the molecule is CCOc1ccc(-n2c(SCC(=O)Nc3cc(C(=O)O)ccc3Cl)nnc2-c2ccco2)cc1. The zero-order chi connectivity index (χ0) is 24.1. The molecule has 4 aromatic rings. The quantitative estimate of drug-likeness (QED) is 0.309. The number of hydrogen-bond acceptors (Lipinski definition) is 7. The number of carboxylic acids is 1. The van der Waals surface area contributed by atoms with Crippen LogP contribution in [0, 0.1) is 0 Å². The molecule has 0 aliphatic rings. The highest BCUT2D eigenvalue weighted by molar-refractivity contribution is 7.99. The number of aromatic nitrogens is 3. The van der Waals surface area contributed by atoms with Gasteiger partial charge in [-0.25, -0.2) is 4.79 Å². The van der Waals surface area contributed by atoms with Gasteiger partial charge in [0.2, 0.25) is 11.7 Å². The molecule has 0 spiro atoms. The summed E-state index contributed by atoms with van der Waals surface area (Å²) in [6, 6.07) is 15.0. The number of carbonyl (C=O) groups is 2. The molecule has 34 heavy (non-hydrogen) atoms. The molecule has 2 N–H and O–H groups in total. The lowest BCUT2D eigenvalue weighted by Gasteiger charge is -2.11. The molecule has 0 saturated carbocycles. The van der Waals surface area contributed by atoms with Crippen molar-refractivity contribution in [1.29, 1.82) is 0 Å². The average molecular weight is 499 g/mol. The van der Waals surface area contributed by atoms with E-state index in [-0.39, 0.29) is 27.9 Å². The first-order valence-electron chi connectivity index (χ1n) is 10.1. The number of thioether (sulfide) groups is 1. The minimum Gasteiger partial charge on any atom is -0.494 e. The first-order valence-corrected chi connectivity index (χ1v) is 11.5. The van der Waals surface area contributed by atoms with E-state index in [0.717, 1.165) is 23.2 Å². The predicted octanol–water partition coefficient (Wildman–Crippen LogP) is 5.01. The van der Waals surface area contributed by atoms with Gasteiger partial charge in [0.25, 0.3) is 0 Å². The molecule has 2 aromatic carbocycles. The summed E-state index contributed by atoms with van der Waals surface area (Å²) >= 11 is 7.26. The van der Waals surface area contributed by atoms with Gasteiger partial charge in [0, 0.05) is 0 Å². The second kappa shape index (κ2) is 10.4. The molecule has 9 nitrogen and oxygen atoms in total. The molecule has 0 bridgehead atoms. The van der Waals surface area contributed by atoms with Crippen molar-refractivity contribution in [2.24, 2.45) is 0 Å². The minimum atomic E-state index is -1.12. The van der Waals surface area contributed by atoms with Gasteiger partial charge in [0.05, 0.1) is 40.6 Å². The third-order valence-corrected chi connectivity index (χ3v) is 5.86. The summed E-state index contributed by atoms with van der Waals surface area (Å²) in [4.78, 5) is 23.8. The highest BCUT2D eigenvalue weighted by Gasteiger charge is 2.19. The van der Waals surface area contributed by atoms with E-state index in [1.807, 2.05) is 31.2 Å². The van der Waals surface area contributed by atoms with Crippen LogP contribution in [0.4, 0.5) is 5.69 Å². The minimum absolute atomic E-state index is 0.0130. The van der Waals surface area contributed by atoms with Crippen LogP contribution in [0.5, 0.6) is 5.75 Å². The molecule has 4 rings (SSSR count). The molecule has 0 aliphatic heterocycles. The smallest absolute Gasteiger partial charge is 0.335 e. The third kappa shape index (κ3) is 5.24. The fraction of sp³-hybridized carbons (Fsp3) is 0.130. The van der Waals surface area contributed by atoms with E-state index in [1.54, 1.807) is 23.0 Å². The molecule has 11 heteroatoms. The average Bonchev–Trinajstić information content (AvgIpc) is 3.49. The monoisotopic (exact) mass is 498 g/mol. The zero-order valence-electron chi connectivity index (χ0n) is 17.9. The summed E-state index contributed by atoms with van der Waals surface area (Å²) in [5.74, 6) is 0.226. The van der Waals surface area contributed by atoms with E-state index in [4.69, 9.17) is 25.9 Å². The third-order valence-electron chi connectivity index (χ3n) is 4.60. The summed E-state index contributed by atoms with van der Waals surface area (Å²) < 4.78 is 12.8. The molecule has 0 fully saturated rings. The number of hydrogen-bond donors (Lipinski definition) is 2. The first-order chi connectivity index (χ1) is 16.5. The predicted molar refractivity (Wildman–Crippen MR) is 128 cm³/mol. The Morgan fingerprint density at radius 3 is 2.65 bits per heavy atom. The maximum Gasteiger partial charge on any atom is 0.335 e. The number of aromatic carboxylic acids is 1. The number of rotatable bonds is 9. The molecule has 0 unspecified atom stereocenters. The standard InChI is InChI=1S/C23H19ClN4O5S/c1-2-32-16-8-6-15(7-9-16)28-21(19-4-3-11-33-19)26-27-23(28)34-13-20(29)25-18-12-14(22(30)31)5-10-17(18)24/h3-12H,2,13H2,1H3,(H,25,29)(H,30,31). The highest BCUT2D eigenvalue weighted by atomic mass is 35.5. The lowest BCUT2D eigenvalue weighted by atomic mass is 10.2. The lowest BCUT2D eigenvalue weighted by molar-refractivity contribution is -0.113. The Labute approximate surface area is 203 Å². The van der Waals surface area contributed by atoms with Crippen LogP contribution in [0.2, 0.25) is 5.02 Å². The summed E-state index contributed by atoms with van der Waals surface area (Å²) in [6.07, 6.45) is 1.54. The molecule has 174 valence electrons. The van der Waals surface area contributed by atoms with Crippen molar-refractivity contribution in [1.82, 2.24) is 14.8 Å².